The summed E-state index contributed by atoms with van der Waals surface area (Å²) < 4.78 is 11.2. The molecular weight excluding hydrogens is 332 g/mol. The molecule has 0 amide bonds. The lowest BCUT2D eigenvalue weighted by Gasteiger charge is -2.13. The number of rotatable bonds is 8. The number of benzene rings is 3. The first-order valence-electron chi connectivity index (χ1n) is 9.35. The molecule has 0 unspecified atom stereocenters. The highest BCUT2D eigenvalue weighted by Crippen LogP contribution is 2.25. The molecule has 3 aromatic carbocycles. The zero-order valence-electron chi connectivity index (χ0n) is 16.0. The van der Waals surface area contributed by atoms with Crippen LogP contribution in [-0.4, -0.2) is 7.11 Å². The highest BCUT2D eigenvalue weighted by Gasteiger charge is 2.07. The van der Waals surface area contributed by atoms with Crippen LogP contribution in [-0.2, 0) is 24.2 Å². The fraction of sp³-hybridized carbons (Fsp3) is 0.200. The third-order valence-corrected chi connectivity index (χ3v) is 4.55. The van der Waals surface area contributed by atoms with Gasteiger partial charge in [-0.3, -0.25) is 0 Å². The maximum atomic E-state index is 6.19. The molecule has 138 valence electrons. The Kier molecular flexibility index (Phi) is 6.70. The standard InChI is InChI=1S/C25H26O2/c1-3-20-9-11-21(12-10-20)17-24-14-13-22(15-16-26-2)18-25(24)27-19-23-7-5-4-6-8-23/h4-16,18H,3,17,19H2,1-2H3/b16-15+. The van der Waals surface area contributed by atoms with Crippen LogP contribution in [0, 0.1) is 0 Å². The van der Waals surface area contributed by atoms with Crippen molar-refractivity contribution in [2.75, 3.05) is 7.11 Å². The van der Waals surface area contributed by atoms with Gasteiger partial charge in [-0.1, -0.05) is 73.7 Å². The second kappa shape index (κ2) is 9.63. The van der Waals surface area contributed by atoms with Gasteiger partial charge in [0.25, 0.3) is 0 Å². The van der Waals surface area contributed by atoms with E-state index < -0.39 is 0 Å². The molecule has 0 radical (unpaired) electrons. The van der Waals surface area contributed by atoms with Gasteiger partial charge >= 0.3 is 0 Å². The molecule has 0 saturated carbocycles. The van der Waals surface area contributed by atoms with E-state index in [1.54, 1.807) is 13.4 Å². The van der Waals surface area contributed by atoms with E-state index in [2.05, 4.69) is 61.5 Å². The zero-order valence-corrected chi connectivity index (χ0v) is 16.0. The highest BCUT2D eigenvalue weighted by atomic mass is 16.5. The number of hydrogen-bond donors (Lipinski definition) is 0. The van der Waals surface area contributed by atoms with E-state index in [1.807, 2.05) is 24.3 Å². The smallest absolute Gasteiger partial charge is 0.123 e. The second-order valence-corrected chi connectivity index (χ2v) is 6.53. The lowest BCUT2D eigenvalue weighted by molar-refractivity contribution is 0.303. The van der Waals surface area contributed by atoms with Crippen molar-refractivity contribution >= 4 is 6.08 Å². The molecule has 0 N–H and O–H groups in total. The molecule has 0 aliphatic carbocycles. The maximum absolute atomic E-state index is 6.19. The van der Waals surface area contributed by atoms with Crippen LogP contribution in [0.5, 0.6) is 5.75 Å². The van der Waals surface area contributed by atoms with Gasteiger partial charge in [-0.15, -0.1) is 0 Å². The van der Waals surface area contributed by atoms with Crippen LogP contribution in [0.15, 0.2) is 79.1 Å². The molecule has 0 fully saturated rings. The minimum absolute atomic E-state index is 0.556. The Morgan fingerprint density at radius 2 is 1.56 bits per heavy atom. The molecule has 2 nitrogen and oxygen atoms in total. The maximum Gasteiger partial charge on any atom is 0.123 e. The minimum atomic E-state index is 0.556. The largest absolute Gasteiger partial charge is 0.504 e. The van der Waals surface area contributed by atoms with E-state index in [4.69, 9.17) is 9.47 Å². The second-order valence-electron chi connectivity index (χ2n) is 6.53. The summed E-state index contributed by atoms with van der Waals surface area (Å²) in [6, 6.07) is 25.4. The predicted molar refractivity (Wildman–Crippen MR) is 112 cm³/mol. The van der Waals surface area contributed by atoms with Gasteiger partial charge in [0.2, 0.25) is 0 Å². The number of aryl methyl sites for hydroxylation is 1. The van der Waals surface area contributed by atoms with Gasteiger partial charge in [0, 0.05) is 6.42 Å². The summed E-state index contributed by atoms with van der Waals surface area (Å²) in [6.45, 7) is 2.73. The van der Waals surface area contributed by atoms with Crippen LogP contribution in [0.2, 0.25) is 0 Å². The Labute approximate surface area is 162 Å². The summed E-state index contributed by atoms with van der Waals surface area (Å²) in [6.07, 6.45) is 5.53. The van der Waals surface area contributed by atoms with Crippen molar-refractivity contribution in [2.45, 2.75) is 26.4 Å². The summed E-state index contributed by atoms with van der Waals surface area (Å²) in [5.41, 5.74) is 6.06. The first-order chi connectivity index (χ1) is 13.3. The van der Waals surface area contributed by atoms with E-state index in [1.165, 1.54) is 16.7 Å². The van der Waals surface area contributed by atoms with Crippen LogP contribution in [0.3, 0.4) is 0 Å². The Morgan fingerprint density at radius 1 is 0.815 bits per heavy atom. The van der Waals surface area contributed by atoms with E-state index in [-0.39, 0.29) is 0 Å². The molecule has 0 spiro atoms. The summed E-state index contributed by atoms with van der Waals surface area (Å²) in [4.78, 5) is 0. The molecule has 0 aliphatic rings. The van der Waals surface area contributed by atoms with Crippen molar-refractivity contribution in [2.24, 2.45) is 0 Å². The summed E-state index contributed by atoms with van der Waals surface area (Å²) in [7, 11) is 1.65. The van der Waals surface area contributed by atoms with Crippen molar-refractivity contribution in [1.82, 2.24) is 0 Å². The molecule has 0 aromatic heterocycles. The third kappa shape index (κ3) is 5.49. The first kappa shape index (κ1) is 18.8. The SMILES string of the molecule is CCc1ccc(Cc2ccc(/C=C/OC)cc2OCc2ccccc2)cc1. The third-order valence-electron chi connectivity index (χ3n) is 4.55. The van der Waals surface area contributed by atoms with Crippen molar-refractivity contribution in [3.05, 3.63) is 107 Å². The molecular formula is C25H26O2. The van der Waals surface area contributed by atoms with Gasteiger partial charge in [0.1, 0.15) is 12.4 Å². The Bertz CT molecular complexity index is 865. The van der Waals surface area contributed by atoms with Gasteiger partial charge in [-0.2, -0.15) is 0 Å². The van der Waals surface area contributed by atoms with Crippen LogP contribution in [0.25, 0.3) is 6.08 Å². The Morgan fingerprint density at radius 3 is 2.26 bits per heavy atom. The topological polar surface area (TPSA) is 18.5 Å². The fourth-order valence-corrected chi connectivity index (χ4v) is 2.95. The monoisotopic (exact) mass is 358 g/mol. The molecule has 0 aliphatic heterocycles. The van der Waals surface area contributed by atoms with Crippen molar-refractivity contribution in [1.29, 1.82) is 0 Å². The van der Waals surface area contributed by atoms with E-state index >= 15 is 0 Å². The molecule has 27 heavy (non-hydrogen) atoms. The average Bonchev–Trinajstić information content (AvgIpc) is 2.73. The summed E-state index contributed by atoms with van der Waals surface area (Å²) >= 11 is 0. The highest BCUT2D eigenvalue weighted by molar-refractivity contribution is 5.54. The number of methoxy groups -OCH3 is 1. The lowest BCUT2D eigenvalue weighted by Crippen LogP contribution is -2.00. The van der Waals surface area contributed by atoms with Crippen LogP contribution >= 0.6 is 0 Å². The summed E-state index contributed by atoms with van der Waals surface area (Å²) in [5, 5.41) is 0. The van der Waals surface area contributed by atoms with Crippen molar-refractivity contribution in [3.8, 4) is 5.75 Å². The minimum Gasteiger partial charge on any atom is -0.504 e. The average molecular weight is 358 g/mol. The van der Waals surface area contributed by atoms with Gasteiger partial charge < -0.3 is 9.47 Å². The molecule has 0 heterocycles. The number of hydrogen-bond acceptors (Lipinski definition) is 2. The van der Waals surface area contributed by atoms with E-state index in [0.717, 1.165) is 29.7 Å². The lowest BCUT2D eigenvalue weighted by atomic mass is 10.0. The fourth-order valence-electron chi connectivity index (χ4n) is 2.95. The van der Waals surface area contributed by atoms with Crippen LogP contribution < -0.4 is 4.74 Å². The Hall–Kier alpha value is -3.00. The van der Waals surface area contributed by atoms with Crippen LogP contribution in [0.1, 0.15) is 34.7 Å². The van der Waals surface area contributed by atoms with Gasteiger partial charge in [0.05, 0.1) is 13.4 Å². The van der Waals surface area contributed by atoms with Crippen molar-refractivity contribution in [3.63, 3.8) is 0 Å². The van der Waals surface area contributed by atoms with E-state index in [0.29, 0.717) is 6.61 Å². The van der Waals surface area contributed by atoms with Crippen molar-refractivity contribution < 1.29 is 9.47 Å². The molecule has 3 aromatic rings. The molecule has 2 heteroatoms. The predicted octanol–water partition coefficient (Wildman–Crippen LogP) is 6.04. The van der Waals surface area contributed by atoms with Gasteiger partial charge in [-0.05, 0) is 46.4 Å². The van der Waals surface area contributed by atoms with Crippen LogP contribution in [0.4, 0.5) is 0 Å². The summed E-state index contributed by atoms with van der Waals surface area (Å²) in [5.74, 6) is 0.914. The van der Waals surface area contributed by atoms with Gasteiger partial charge in [0.15, 0.2) is 0 Å². The molecule has 0 bridgehead atoms. The normalized spacial score (nSPS) is 10.9. The molecule has 0 saturated heterocycles. The zero-order chi connectivity index (χ0) is 18.9. The molecule has 0 atom stereocenters. The first-order valence-corrected chi connectivity index (χ1v) is 9.35. The van der Waals surface area contributed by atoms with Gasteiger partial charge in [-0.25, -0.2) is 0 Å². The molecule has 3 rings (SSSR count). The Balaban J connectivity index is 1.82. The van der Waals surface area contributed by atoms with E-state index in [9.17, 15) is 0 Å². The quantitative estimate of drug-likeness (QED) is 0.457. The number of ether oxygens (including phenoxy) is 2.